The van der Waals surface area contributed by atoms with E-state index >= 15 is 0 Å². The summed E-state index contributed by atoms with van der Waals surface area (Å²) in [6.07, 6.45) is 1.34. The fourth-order valence-electron chi connectivity index (χ4n) is 1.82. The third-order valence-electron chi connectivity index (χ3n) is 2.77. The molecule has 0 radical (unpaired) electrons. The Kier molecular flexibility index (Phi) is 3.00. The van der Waals surface area contributed by atoms with Crippen molar-refractivity contribution in [3.05, 3.63) is 47.2 Å². The van der Waals surface area contributed by atoms with Crippen molar-refractivity contribution >= 4 is 40.2 Å². The lowest BCUT2D eigenvalue weighted by Crippen LogP contribution is -2.15. The van der Waals surface area contributed by atoms with Crippen LogP contribution in [0.15, 0.2) is 36.5 Å². The number of para-hydroxylation sites is 2. The molecule has 0 spiro atoms. The van der Waals surface area contributed by atoms with Gasteiger partial charge >= 0.3 is 0 Å². The van der Waals surface area contributed by atoms with Gasteiger partial charge in [0.25, 0.3) is 5.91 Å². The van der Waals surface area contributed by atoms with E-state index in [0.717, 1.165) is 11.0 Å². The molecule has 0 aliphatic carbocycles. The molecule has 3 rings (SSSR count). The van der Waals surface area contributed by atoms with Crippen molar-refractivity contribution in [1.29, 1.82) is 0 Å². The Bertz CT molecular complexity index is 765. The molecule has 20 heavy (non-hydrogen) atoms. The highest BCUT2D eigenvalue weighted by atomic mass is 35.5. The number of fused-ring (bicyclic) bond motifs is 1. The van der Waals surface area contributed by atoms with Crippen LogP contribution in [-0.4, -0.2) is 20.9 Å². The van der Waals surface area contributed by atoms with Crippen LogP contribution in [0.4, 0.5) is 11.6 Å². The highest BCUT2D eigenvalue weighted by Crippen LogP contribution is 2.18. The molecule has 2 aromatic heterocycles. The Morgan fingerprint density at radius 3 is 2.95 bits per heavy atom. The first-order valence-electron chi connectivity index (χ1n) is 5.80. The number of H-pyrrole nitrogens is 1. The number of rotatable bonds is 2. The quantitative estimate of drug-likeness (QED) is 0.631. The molecule has 0 unspecified atom stereocenters. The van der Waals surface area contributed by atoms with Crippen molar-refractivity contribution in [3.63, 3.8) is 0 Å². The normalized spacial score (nSPS) is 10.7. The molecule has 3 aromatic rings. The van der Waals surface area contributed by atoms with E-state index in [9.17, 15) is 4.79 Å². The van der Waals surface area contributed by atoms with E-state index in [1.54, 1.807) is 0 Å². The van der Waals surface area contributed by atoms with Gasteiger partial charge in [0.1, 0.15) is 5.15 Å². The second kappa shape index (κ2) is 4.82. The van der Waals surface area contributed by atoms with Crippen LogP contribution in [0.2, 0.25) is 5.15 Å². The number of nitrogen functional groups attached to an aromatic ring is 1. The predicted octanol–water partition coefficient (Wildman–Crippen LogP) is 2.45. The monoisotopic (exact) mass is 287 g/mol. The van der Waals surface area contributed by atoms with Crippen LogP contribution in [0.1, 0.15) is 10.4 Å². The van der Waals surface area contributed by atoms with E-state index in [1.807, 2.05) is 24.3 Å². The Balaban J connectivity index is 1.90. The number of hydrogen-bond donors (Lipinski definition) is 3. The van der Waals surface area contributed by atoms with Crippen LogP contribution in [0.3, 0.4) is 0 Å². The summed E-state index contributed by atoms with van der Waals surface area (Å²) in [6.45, 7) is 0. The van der Waals surface area contributed by atoms with Crippen LogP contribution in [0.5, 0.6) is 0 Å². The fraction of sp³-hybridized carbons (Fsp3) is 0. The largest absolute Gasteiger partial charge is 0.397 e. The molecule has 1 aromatic carbocycles. The first-order valence-corrected chi connectivity index (χ1v) is 6.18. The van der Waals surface area contributed by atoms with Gasteiger partial charge in [-0.05, 0) is 18.2 Å². The second-order valence-electron chi connectivity index (χ2n) is 4.15. The number of hydrogen-bond acceptors (Lipinski definition) is 4. The smallest absolute Gasteiger partial charge is 0.260 e. The molecular weight excluding hydrogens is 278 g/mol. The number of aromatic nitrogens is 3. The molecule has 0 fully saturated rings. The number of aromatic amines is 1. The van der Waals surface area contributed by atoms with Crippen molar-refractivity contribution in [1.82, 2.24) is 15.0 Å². The van der Waals surface area contributed by atoms with E-state index in [1.165, 1.54) is 12.3 Å². The number of benzene rings is 1. The standard InChI is InChI=1S/C13H10ClN5O/c14-11-5-7(8(15)6-16-11)12(20)19-13-17-9-3-1-2-4-10(9)18-13/h1-6H,15H2,(H2,17,18,19,20). The second-order valence-corrected chi connectivity index (χ2v) is 4.54. The molecule has 1 amide bonds. The maximum absolute atomic E-state index is 12.1. The van der Waals surface area contributed by atoms with Gasteiger partial charge in [-0.25, -0.2) is 9.97 Å². The third kappa shape index (κ3) is 2.28. The van der Waals surface area contributed by atoms with Gasteiger partial charge in [-0.15, -0.1) is 0 Å². The molecule has 0 atom stereocenters. The number of imidazole rings is 1. The molecule has 0 saturated carbocycles. The van der Waals surface area contributed by atoms with E-state index in [0.29, 0.717) is 5.95 Å². The van der Waals surface area contributed by atoms with Crippen LogP contribution >= 0.6 is 11.6 Å². The topological polar surface area (TPSA) is 96.7 Å². The zero-order chi connectivity index (χ0) is 14.1. The average Bonchev–Trinajstić information content (AvgIpc) is 2.83. The van der Waals surface area contributed by atoms with Gasteiger partial charge < -0.3 is 10.7 Å². The van der Waals surface area contributed by atoms with Gasteiger partial charge in [-0.1, -0.05) is 23.7 Å². The number of nitrogens with one attached hydrogen (secondary N) is 2. The van der Waals surface area contributed by atoms with Gasteiger partial charge in [0.15, 0.2) is 0 Å². The average molecular weight is 288 g/mol. The van der Waals surface area contributed by atoms with Crippen LogP contribution in [0, 0.1) is 0 Å². The van der Waals surface area contributed by atoms with Crippen LogP contribution < -0.4 is 11.1 Å². The van der Waals surface area contributed by atoms with Crippen molar-refractivity contribution in [2.75, 3.05) is 11.1 Å². The molecule has 0 saturated heterocycles. The number of halogens is 1. The number of pyridine rings is 1. The summed E-state index contributed by atoms with van der Waals surface area (Å²) in [5, 5.41) is 2.85. The number of nitrogens with two attached hydrogens (primary N) is 1. The van der Waals surface area contributed by atoms with E-state index in [2.05, 4.69) is 20.3 Å². The van der Waals surface area contributed by atoms with Crippen molar-refractivity contribution < 1.29 is 4.79 Å². The molecule has 2 heterocycles. The molecule has 0 aliphatic heterocycles. The van der Waals surface area contributed by atoms with Crippen molar-refractivity contribution in [2.24, 2.45) is 0 Å². The molecule has 0 aliphatic rings. The summed E-state index contributed by atoms with van der Waals surface area (Å²) in [4.78, 5) is 23.2. The van der Waals surface area contributed by atoms with Gasteiger partial charge in [0.2, 0.25) is 5.95 Å². The highest BCUT2D eigenvalue weighted by molar-refractivity contribution is 6.30. The minimum absolute atomic E-state index is 0.203. The fourth-order valence-corrected chi connectivity index (χ4v) is 1.98. The maximum atomic E-state index is 12.1. The number of carbonyl (C=O) groups excluding carboxylic acids is 1. The van der Waals surface area contributed by atoms with Gasteiger partial charge in [-0.3, -0.25) is 10.1 Å². The summed E-state index contributed by atoms with van der Waals surface area (Å²) < 4.78 is 0. The third-order valence-corrected chi connectivity index (χ3v) is 2.97. The summed E-state index contributed by atoms with van der Waals surface area (Å²) in [5.74, 6) is -0.0469. The highest BCUT2D eigenvalue weighted by Gasteiger charge is 2.13. The molecular formula is C13H10ClN5O. The first-order chi connectivity index (χ1) is 9.63. The van der Waals surface area contributed by atoms with Gasteiger partial charge in [0.05, 0.1) is 28.5 Å². The SMILES string of the molecule is Nc1cnc(Cl)cc1C(=O)Nc1nc2ccccc2[nH]1. The van der Waals surface area contributed by atoms with Crippen molar-refractivity contribution in [2.45, 2.75) is 0 Å². The molecule has 6 nitrogen and oxygen atoms in total. The zero-order valence-corrected chi connectivity index (χ0v) is 11.0. The molecule has 100 valence electrons. The first kappa shape index (κ1) is 12.4. The number of carbonyl (C=O) groups is 1. The van der Waals surface area contributed by atoms with Crippen LogP contribution in [-0.2, 0) is 0 Å². The molecule has 4 N–H and O–H groups in total. The van der Waals surface area contributed by atoms with E-state index in [4.69, 9.17) is 17.3 Å². The van der Waals surface area contributed by atoms with Crippen LogP contribution in [0.25, 0.3) is 11.0 Å². The Morgan fingerprint density at radius 2 is 2.15 bits per heavy atom. The summed E-state index contributed by atoms with van der Waals surface area (Å²) in [6, 6.07) is 8.88. The minimum atomic E-state index is -0.397. The maximum Gasteiger partial charge on any atom is 0.260 e. The lowest BCUT2D eigenvalue weighted by atomic mass is 10.2. The number of anilines is 2. The Morgan fingerprint density at radius 1 is 1.35 bits per heavy atom. The predicted molar refractivity (Wildman–Crippen MR) is 77.7 cm³/mol. The number of amides is 1. The minimum Gasteiger partial charge on any atom is -0.397 e. The lowest BCUT2D eigenvalue weighted by molar-refractivity contribution is 0.102. The molecule has 7 heteroatoms. The Labute approximate surface area is 119 Å². The van der Waals surface area contributed by atoms with E-state index < -0.39 is 5.91 Å². The van der Waals surface area contributed by atoms with Crippen molar-refractivity contribution in [3.8, 4) is 0 Å². The summed E-state index contributed by atoms with van der Waals surface area (Å²) in [5.41, 5.74) is 7.82. The summed E-state index contributed by atoms with van der Waals surface area (Å²) >= 11 is 5.76. The lowest BCUT2D eigenvalue weighted by Gasteiger charge is -2.05. The van der Waals surface area contributed by atoms with E-state index in [-0.39, 0.29) is 16.4 Å². The van der Waals surface area contributed by atoms with Gasteiger partial charge in [-0.2, -0.15) is 0 Å². The molecule has 0 bridgehead atoms. The number of nitrogens with zero attached hydrogens (tertiary/aromatic N) is 2. The Hall–Kier alpha value is -2.60. The van der Waals surface area contributed by atoms with Gasteiger partial charge in [0, 0.05) is 0 Å². The zero-order valence-electron chi connectivity index (χ0n) is 10.2. The summed E-state index contributed by atoms with van der Waals surface area (Å²) in [7, 11) is 0.